The summed E-state index contributed by atoms with van der Waals surface area (Å²) in [5.41, 5.74) is 11.4. The minimum atomic E-state index is 0.576. The highest BCUT2D eigenvalue weighted by atomic mass is 16.3. The Morgan fingerprint density at radius 2 is 1.15 bits per heavy atom. The van der Waals surface area contributed by atoms with Crippen molar-refractivity contribution in [2.45, 2.75) is 6.42 Å². The molecule has 0 fully saturated rings. The molecular formula is C48H31N3O2. The Bertz CT molecular complexity index is 3000. The van der Waals surface area contributed by atoms with Crippen molar-refractivity contribution < 1.29 is 8.83 Å². The number of hydrogen-bond donors (Lipinski definition) is 0. The first kappa shape index (κ1) is 30.7. The molecule has 6 aromatic carbocycles. The molecule has 53 heavy (non-hydrogen) atoms. The lowest BCUT2D eigenvalue weighted by Crippen LogP contribution is -2.01. The Morgan fingerprint density at radius 3 is 2.00 bits per heavy atom. The van der Waals surface area contributed by atoms with Crippen LogP contribution in [0.4, 0.5) is 0 Å². The molecule has 0 saturated heterocycles. The summed E-state index contributed by atoms with van der Waals surface area (Å²) in [5.74, 6) is 1.78. The molecule has 0 bridgehead atoms. The number of furan rings is 2. The van der Waals surface area contributed by atoms with Crippen LogP contribution in [0.15, 0.2) is 179 Å². The summed E-state index contributed by atoms with van der Waals surface area (Å²) < 4.78 is 12.7. The lowest BCUT2D eigenvalue weighted by atomic mass is 9.97. The van der Waals surface area contributed by atoms with Crippen molar-refractivity contribution in [3.05, 3.63) is 181 Å². The fraction of sp³-hybridized carbons (Fsp3) is 0.0208. The number of aromatic nitrogens is 3. The van der Waals surface area contributed by atoms with Gasteiger partial charge in [0.1, 0.15) is 22.3 Å². The normalized spacial score (nSPS) is 14.2. The Morgan fingerprint density at radius 1 is 0.472 bits per heavy atom. The molecule has 9 aromatic rings. The van der Waals surface area contributed by atoms with E-state index in [2.05, 4.69) is 85.5 Å². The van der Waals surface area contributed by atoms with Gasteiger partial charge in [-0.3, -0.25) is 0 Å². The van der Waals surface area contributed by atoms with Crippen molar-refractivity contribution in [1.82, 2.24) is 15.0 Å². The molecule has 0 spiro atoms. The second kappa shape index (κ2) is 12.6. The van der Waals surface area contributed by atoms with Crippen molar-refractivity contribution >= 4 is 50.0 Å². The van der Waals surface area contributed by atoms with Crippen LogP contribution in [-0.2, 0) is 6.42 Å². The molecule has 0 N–H and O–H groups in total. The van der Waals surface area contributed by atoms with Gasteiger partial charge in [0.25, 0.3) is 0 Å². The summed E-state index contributed by atoms with van der Waals surface area (Å²) >= 11 is 0. The minimum Gasteiger partial charge on any atom is -0.456 e. The van der Waals surface area contributed by atoms with Gasteiger partial charge in [0.2, 0.25) is 0 Å². The molecule has 250 valence electrons. The Hall–Kier alpha value is -7.11. The first-order valence-electron chi connectivity index (χ1n) is 17.7. The van der Waals surface area contributed by atoms with Gasteiger partial charge in [-0.25, -0.2) is 15.0 Å². The maximum atomic E-state index is 6.48. The number of nitrogens with zero attached hydrogens (tertiary/aromatic N) is 3. The highest BCUT2D eigenvalue weighted by molar-refractivity contribution is 6.16. The highest BCUT2D eigenvalue weighted by Crippen LogP contribution is 2.41. The largest absolute Gasteiger partial charge is 0.456 e. The molecule has 10 rings (SSSR count). The van der Waals surface area contributed by atoms with Gasteiger partial charge >= 0.3 is 0 Å². The predicted octanol–water partition coefficient (Wildman–Crippen LogP) is 12.6. The number of hydrogen-bond acceptors (Lipinski definition) is 5. The molecule has 0 atom stereocenters. The predicted molar refractivity (Wildman–Crippen MR) is 216 cm³/mol. The second-order valence-corrected chi connectivity index (χ2v) is 13.3. The van der Waals surface area contributed by atoms with Gasteiger partial charge in [-0.2, -0.15) is 0 Å². The van der Waals surface area contributed by atoms with E-state index in [9.17, 15) is 0 Å². The molecule has 1 aliphatic rings. The van der Waals surface area contributed by atoms with E-state index in [0.717, 1.165) is 89.3 Å². The zero-order valence-electron chi connectivity index (χ0n) is 28.7. The lowest BCUT2D eigenvalue weighted by molar-refractivity contribution is 0.669. The molecule has 5 heteroatoms. The van der Waals surface area contributed by atoms with Crippen LogP contribution in [0.5, 0.6) is 0 Å². The van der Waals surface area contributed by atoms with Crippen molar-refractivity contribution in [2.24, 2.45) is 0 Å². The summed E-state index contributed by atoms with van der Waals surface area (Å²) in [6.45, 7) is 4.17. The van der Waals surface area contributed by atoms with E-state index < -0.39 is 0 Å². The summed E-state index contributed by atoms with van der Waals surface area (Å²) in [6.07, 6.45) is 13.2. The molecule has 1 aliphatic carbocycles. The van der Waals surface area contributed by atoms with Gasteiger partial charge in [0, 0.05) is 38.2 Å². The van der Waals surface area contributed by atoms with Gasteiger partial charge in [-0.05, 0) is 70.6 Å². The van der Waals surface area contributed by atoms with E-state index in [1.54, 1.807) is 0 Å². The third kappa shape index (κ3) is 5.47. The van der Waals surface area contributed by atoms with Gasteiger partial charge in [-0.1, -0.05) is 134 Å². The number of rotatable bonds is 4. The van der Waals surface area contributed by atoms with E-state index in [4.69, 9.17) is 23.8 Å². The molecule has 3 heterocycles. The zero-order chi connectivity index (χ0) is 35.3. The fourth-order valence-electron chi connectivity index (χ4n) is 7.32. The van der Waals surface area contributed by atoms with Crippen molar-refractivity contribution in [3.8, 4) is 45.3 Å². The first-order chi connectivity index (χ1) is 26.2. The average Bonchev–Trinajstić information content (AvgIpc) is 3.78. The van der Waals surface area contributed by atoms with Gasteiger partial charge in [0.15, 0.2) is 17.5 Å². The summed E-state index contributed by atoms with van der Waals surface area (Å²) in [6, 6.07) is 43.4. The SMILES string of the molecule is C=C1C=Cc2cc(-c3nc(-c4ccccc4)nc(-c4cccc5oc6ccc(-c7cccc8oc9ccccc9c78)cc6c45)n3)ccc2C/C=C\C=C/1. The monoisotopic (exact) mass is 681 g/mol. The third-order valence-electron chi connectivity index (χ3n) is 9.89. The Balaban J connectivity index is 1.17. The lowest BCUT2D eigenvalue weighted by Gasteiger charge is -2.11. The van der Waals surface area contributed by atoms with Crippen molar-refractivity contribution in [3.63, 3.8) is 0 Å². The molecule has 0 aliphatic heterocycles. The summed E-state index contributed by atoms with van der Waals surface area (Å²) in [7, 11) is 0. The van der Waals surface area contributed by atoms with Crippen molar-refractivity contribution in [2.75, 3.05) is 0 Å². The minimum absolute atomic E-state index is 0.576. The molecule has 0 saturated carbocycles. The van der Waals surface area contributed by atoms with E-state index in [1.165, 1.54) is 5.56 Å². The van der Waals surface area contributed by atoms with Gasteiger partial charge in [-0.15, -0.1) is 0 Å². The number of benzene rings is 6. The molecule has 0 radical (unpaired) electrons. The number of para-hydroxylation sites is 1. The molecular weight excluding hydrogens is 651 g/mol. The number of allylic oxidation sites excluding steroid dienone is 6. The van der Waals surface area contributed by atoms with E-state index in [0.29, 0.717) is 17.5 Å². The van der Waals surface area contributed by atoms with Crippen LogP contribution in [0, 0.1) is 0 Å². The highest BCUT2D eigenvalue weighted by Gasteiger charge is 2.20. The van der Waals surface area contributed by atoms with Gasteiger partial charge in [0.05, 0.1) is 0 Å². The van der Waals surface area contributed by atoms with Crippen LogP contribution in [-0.4, -0.2) is 15.0 Å². The third-order valence-corrected chi connectivity index (χ3v) is 9.89. The smallest absolute Gasteiger partial charge is 0.164 e. The van der Waals surface area contributed by atoms with Gasteiger partial charge < -0.3 is 8.83 Å². The Labute approximate surface area is 305 Å². The van der Waals surface area contributed by atoms with Crippen LogP contribution in [0.2, 0.25) is 0 Å². The first-order valence-corrected chi connectivity index (χ1v) is 17.7. The topological polar surface area (TPSA) is 65.0 Å². The second-order valence-electron chi connectivity index (χ2n) is 13.3. The maximum Gasteiger partial charge on any atom is 0.164 e. The fourth-order valence-corrected chi connectivity index (χ4v) is 7.32. The molecule has 0 amide bonds. The zero-order valence-corrected chi connectivity index (χ0v) is 28.7. The van der Waals surface area contributed by atoms with E-state index >= 15 is 0 Å². The summed E-state index contributed by atoms with van der Waals surface area (Å²) in [4.78, 5) is 15.3. The molecule has 3 aromatic heterocycles. The van der Waals surface area contributed by atoms with Crippen molar-refractivity contribution in [1.29, 1.82) is 0 Å². The Kier molecular flexibility index (Phi) is 7.29. The average molecular weight is 682 g/mol. The molecule has 5 nitrogen and oxygen atoms in total. The van der Waals surface area contributed by atoms with Crippen LogP contribution >= 0.6 is 0 Å². The van der Waals surface area contributed by atoms with Crippen LogP contribution in [0.25, 0.3) is 95.2 Å². The van der Waals surface area contributed by atoms with Crippen LogP contribution in [0.1, 0.15) is 11.1 Å². The quantitative estimate of drug-likeness (QED) is 0.185. The summed E-state index contributed by atoms with van der Waals surface area (Å²) in [5, 5.41) is 4.13. The standard InChI is InChI=1S/C48H31N3O2/c1-30-12-4-2-5-13-31-24-25-35(28-33(31)23-22-30)47-49-46(32-14-6-3-7-15-32)50-48(51-47)38-18-11-21-43-45(38)39-29-34(26-27-41(39)53-43)36-17-10-20-42-44(36)37-16-8-9-19-40(37)52-42/h2-12,14-29H,1,13H2/b5-2-,12-4-,23-22?. The van der Waals surface area contributed by atoms with Crippen LogP contribution < -0.4 is 0 Å². The van der Waals surface area contributed by atoms with E-state index in [-0.39, 0.29) is 0 Å². The maximum absolute atomic E-state index is 6.48. The van der Waals surface area contributed by atoms with E-state index in [1.807, 2.05) is 85.0 Å². The number of fused-ring (bicyclic) bond motifs is 7. The van der Waals surface area contributed by atoms with Crippen LogP contribution in [0.3, 0.4) is 0 Å². The molecule has 0 unspecified atom stereocenters.